The highest BCUT2D eigenvalue weighted by molar-refractivity contribution is 4.90. The molecular weight excluding hydrogens is 122 g/mol. The van der Waals surface area contributed by atoms with Gasteiger partial charge >= 0.3 is 0 Å². The molecule has 0 aromatic rings. The molecule has 0 spiro atoms. The smallest absolute Gasteiger partial charge is 0.206 e. The van der Waals surface area contributed by atoms with Gasteiger partial charge in [0.2, 0.25) is 0 Å². The highest BCUT2D eigenvalue weighted by Crippen LogP contribution is 2.23. The molecule has 0 N–H and O–H groups in total. The molecule has 9 heavy (non-hydrogen) atoms. The summed E-state index contributed by atoms with van der Waals surface area (Å²) >= 11 is 0. The third-order valence-electron chi connectivity index (χ3n) is 0.976. The SMILES string of the molecule is C#CCC(F)(F)CCC. The van der Waals surface area contributed by atoms with Gasteiger partial charge in [-0.1, -0.05) is 13.3 Å². The molecule has 0 heterocycles. The van der Waals surface area contributed by atoms with E-state index in [0.717, 1.165) is 0 Å². The summed E-state index contributed by atoms with van der Waals surface area (Å²) in [4.78, 5) is 0. The van der Waals surface area contributed by atoms with Crippen molar-refractivity contribution in [3.05, 3.63) is 0 Å². The Bertz CT molecular complexity index is 111. The van der Waals surface area contributed by atoms with Gasteiger partial charge in [0.1, 0.15) is 0 Å². The number of rotatable bonds is 3. The summed E-state index contributed by atoms with van der Waals surface area (Å²) in [6, 6.07) is 0. The highest BCUT2D eigenvalue weighted by atomic mass is 19.3. The lowest BCUT2D eigenvalue weighted by Crippen LogP contribution is -2.13. The first-order valence-electron chi connectivity index (χ1n) is 2.93. The summed E-state index contributed by atoms with van der Waals surface area (Å²) in [5.74, 6) is -0.693. The minimum absolute atomic E-state index is 0.1000. The molecule has 0 bridgehead atoms. The molecule has 0 amide bonds. The van der Waals surface area contributed by atoms with Gasteiger partial charge in [0.15, 0.2) is 0 Å². The molecule has 0 radical (unpaired) electrons. The van der Waals surface area contributed by atoms with Crippen molar-refractivity contribution in [3.63, 3.8) is 0 Å². The van der Waals surface area contributed by atoms with Crippen LogP contribution >= 0.6 is 0 Å². The lowest BCUT2D eigenvalue weighted by molar-refractivity contribution is -0.00277. The summed E-state index contributed by atoms with van der Waals surface area (Å²) in [7, 11) is 0. The van der Waals surface area contributed by atoms with E-state index in [1.807, 2.05) is 5.92 Å². The minimum atomic E-state index is -2.64. The monoisotopic (exact) mass is 132 g/mol. The van der Waals surface area contributed by atoms with Crippen LogP contribution in [0.5, 0.6) is 0 Å². The second kappa shape index (κ2) is 3.45. The van der Waals surface area contributed by atoms with Crippen molar-refractivity contribution < 1.29 is 8.78 Å². The zero-order valence-corrected chi connectivity index (χ0v) is 5.45. The molecule has 0 aromatic heterocycles. The Kier molecular flexibility index (Phi) is 3.22. The molecule has 0 saturated carbocycles. The first kappa shape index (κ1) is 8.42. The summed E-state index contributed by atoms with van der Waals surface area (Å²) in [5, 5.41) is 0. The fourth-order valence-corrected chi connectivity index (χ4v) is 0.603. The maximum absolute atomic E-state index is 12.3. The molecule has 0 rings (SSSR count). The number of hydrogen-bond acceptors (Lipinski definition) is 0. The van der Waals surface area contributed by atoms with Crippen molar-refractivity contribution in [2.24, 2.45) is 0 Å². The van der Waals surface area contributed by atoms with Gasteiger partial charge in [-0.15, -0.1) is 12.3 Å². The van der Waals surface area contributed by atoms with Gasteiger partial charge in [0, 0.05) is 6.42 Å². The molecule has 0 aliphatic carbocycles. The van der Waals surface area contributed by atoms with Gasteiger partial charge in [-0.2, -0.15) is 0 Å². The topological polar surface area (TPSA) is 0 Å². The molecule has 0 unspecified atom stereocenters. The quantitative estimate of drug-likeness (QED) is 0.517. The molecule has 0 aliphatic rings. The number of hydrogen-bond donors (Lipinski definition) is 0. The predicted octanol–water partition coefficient (Wildman–Crippen LogP) is 2.45. The first-order valence-corrected chi connectivity index (χ1v) is 2.93. The van der Waals surface area contributed by atoms with Crippen molar-refractivity contribution >= 4 is 0 Å². The highest BCUT2D eigenvalue weighted by Gasteiger charge is 2.25. The van der Waals surface area contributed by atoms with Gasteiger partial charge in [0.05, 0.1) is 6.42 Å². The van der Waals surface area contributed by atoms with E-state index in [1.54, 1.807) is 6.92 Å². The molecule has 0 atom stereocenters. The summed E-state index contributed by atoms with van der Waals surface area (Å²) in [5.41, 5.74) is 0. The Morgan fingerprint density at radius 2 is 2.11 bits per heavy atom. The summed E-state index contributed by atoms with van der Waals surface area (Å²) in [6.45, 7) is 1.71. The molecular formula is C7H10F2. The third kappa shape index (κ3) is 3.96. The molecule has 0 nitrogen and oxygen atoms in total. The van der Waals surface area contributed by atoms with Crippen molar-refractivity contribution in [2.75, 3.05) is 0 Å². The zero-order valence-electron chi connectivity index (χ0n) is 5.45. The van der Waals surface area contributed by atoms with E-state index in [0.29, 0.717) is 6.42 Å². The number of terminal acetylenes is 1. The number of alkyl halides is 2. The average molecular weight is 132 g/mol. The van der Waals surface area contributed by atoms with Crippen LogP contribution in [0.25, 0.3) is 0 Å². The second-order valence-corrected chi connectivity index (χ2v) is 1.99. The van der Waals surface area contributed by atoms with E-state index < -0.39 is 12.3 Å². The van der Waals surface area contributed by atoms with Gasteiger partial charge in [0.25, 0.3) is 5.92 Å². The lowest BCUT2D eigenvalue weighted by atomic mass is 10.1. The largest absolute Gasteiger partial charge is 0.258 e. The maximum atomic E-state index is 12.3. The van der Waals surface area contributed by atoms with Crippen molar-refractivity contribution in [1.29, 1.82) is 0 Å². The molecule has 0 saturated heterocycles. The summed E-state index contributed by atoms with van der Waals surface area (Å²) in [6.07, 6.45) is 4.67. The first-order chi connectivity index (χ1) is 4.12. The predicted molar refractivity (Wildman–Crippen MR) is 33.3 cm³/mol. The van der Waals surface area contributed by atoms with Gasteiger partial charge in [-0.3, -0.25) is 0 Å². The van der Waals surface area contributed by atoms with Crippen LogP contribution in [0.1, 0.15) is 26.2 Å². The fourth-order valence-electron chi connectivity index (χ4n) is 0.603. The molecule has 52 valence electrons. The van der Waals surface area contributed by atoms with Gasteiger partial charge in [-0.05, 0) is 0 Å². The molecule has 0 fully saturated rings. The van der Waals surface area contributed by atoms with Crippen LogP contribution in [0.2, 0.25) is 0 Å². The van der Waals surface area contributed by atoms with Crippen molar-refractivity contribution in [1.82, 2.24) is 0 Å². The third-order valence-corrected chi connectivity index (χ3v) is 0.976. The summed E-state index contributed by atoms with van der Waals surface area (Å²) < 4.78 is 24.6. The van der Waals surface area contributed by atoms with E-state index in [2.05, 4.69) is 0 Å². The Morgan fingerprint density at radius 1 is 1.56 bits per heavy atom. The number of halogens is 2. The van der Waals surface area contributed by atoms with Crippen LogP contribution in [0.4, 0.5) is 8.78 Å². The Morgan fingerprint density at radius 3 is 2.44 bits per heavy atom. The fraction of sp³-hybridized carbons (Fsp3) is 0.714. The van der Waals surface area contributed by atoms with E-state index in [1.165, 1.54) is 0 Å². The van der Waals surface area contributed by atoms with Gasteiger partial charge < -0.3 is 0 Å². The van der Waals surface area contributed by atoms with Crippen LogP contribution in [0.3, 0.4) is 0 Å². The standard InChI is InChI=1S/C7H10F2/c1-3-5-7(8,9)6-4-2/h1H,4-6H2,2H3. The van der Waals surface area contributed by atoms with Crippen LogP contribution in [-0.4, -0.2) is 5.92 Å². The van der Waals surface area contributed by atoms with Crippen LogP contribution in [0, 0.1) is 12.3 Å². The molecule has 0 aromatic carbocycles. The molecule has 2 heteroatoms. The average Bonchev–Trinajstić information content (AvgIpc) is 1.64. The van der Waals surface area contributed by atoms with E-state index in [-0.39, 0.29) is 6.42 Å². The van der Waals surface area contributed by atoms with Crippen molar-refractivity contribution in [3.8, 4) is 12.3 Å². The van der Waals surface area contributed by atoms with Crippen LogP contribution in [-0.2, 0) is 0 Å². The minimum Gasteiger partial charge on any atom is -0.206 e. The molecule has 0 aliphatic heterocycles. The van der Waals surface area contributed by atoms with E-state index in [4.69, 9.17) is 6.42 Å². The van der Waals surface area contributed by atoms with Crippen LogP contribution in [0.15, 0.2) is 0 Å². The van der Waals surface area contributed by atoms with E-state index in [9.17, 15) is 8.78 Å². The van der Waals surface area contributed by atoms with Gasteiger partial charge in [-0.25, -0.2) is 8.78 Å². The Labute approximate surface area is 54.3 Å². The Hall–Kier alpha value is -0.580. The lowest BCUT2D eigenvalue weighted by Gasteiger charge is -2.10. The zero-order chi connectivity index (χ0) is 7.33. The normalized spacial score (nSPS) is 10.9. The van der Waals surface area contributed by atoms with Crippen LogP contribution < -0.4 is 0 Å². The van der Waals surface area contributed by atoms with E-state index >= 15 is 0 Å². The second-order valence-electron chi connectivity index (χ2n) is 1.99. The van der Waals surface area contributed by atoms with Crippen molar-refractivity contribution in [2.45, 2.75) is 32.1 Å². The Balaban J connectivity index is 3.59. The maximum Gasteiger partial charge on any atom is 0.258 e.